The summed E-state index contributed by atoms with van der Waals surface area (Å²) in [5, 5.41) is 8.93. The molecule has 0 radical (unpaired) electrons. The first-order valence-corrected chi connectivity index (χ1v) is 5.64. The molecule has 0 aromatic heterocycles. The van der Waals surface area contributed by atoms with Gasteiger partial charge < -0.3 is 5.11 Å². The molecule has 1 N–H and O–H groups in total. The van der Waals surface area contributed by atoms with Gasteiger partial charge in [0.25, 0.3) is 0 Å². The van der Waals surface area contributed by atoms with E-state index in [2.05, 4.69) is 25.7 Å². The maximum atomic E-state index is 8.93. The number of aliphatic hydroxyl groups excluding tert-OH is 1. The summed E-state index contributed by atoms with van der Waals surface area (Å²) in [5.74, 6) is 0. The Morgan fingerprint density at radius 3 is 2.08 bits per heavy atom. The second kappa shape index (κ2) is 8.52. The zero-order chi connectivity index (χ0) is 10.1. The molecule has 13 heavy (non-hydrogen) atoms. The van der Waals surface area contributed by atoms with E-state index in [0.29, 0.717) is 12.6 Å². The molecule has 0 spiro atoms. The van der Waals surface area contributed by atoms with Crippen molar-refractivity contribution >= 4 is 0 Å². The van der Waals surface area contributed by atoms with Crippen LogP contribution in [0.15, 0.2) is 0 Å². The Bertz CT molecular complexity index is 102. The highest BCUT2D eigenvalue weighted by molar-refractivity contribution is 4.68. The zero-order valence-corrected chi connectivity index (χ0v) is 9.42. The Labute approximate surface area is 82.9 Å². The Balaban J connectivity index is 3.88. The van der Waals surface area contributed by atoms with Gasteiger partial charge in [-0.1, -0.05) is 27.2 Å². The summed E-state index contributed by atoms with van der Waals surface area (Å²) in [6.45, 7) is 8.94. The van der Waals surface area contributed by atoms with Crippen LogP contribution in [0.5, 0.6) is 0 Å². The molecule has 0 atom stereocenters. The standard InChI is InChI=1S/C11H25NO/c1-4-7-8-12(9-10-13)11(5-2)6-3/h11,13H,4-10H2,1-3H3. The minimum absolute atomic E-state index is 0.292. The first-order chi connectivity index (χ1) is 6.29. The molecule has 2 heteroatoms. The Morgan fingerprint density at radius 2 is 1.69 bits per heavy atom. The van der Waals surface area contributed by atoms with Crippen LogP contribution in [0.1, 0.15) is 46.5 Å². The van der Waals surface area contributed by atoms with E-state index < -0.39 is 0 Å². The smallest absolute Gasteiger partial charge is 0.0558 e. The van der Waals surface area contributed by atoms with Crippen molar-refractivity contribution in [3.05, 3.63) is 0 Å². The lowest BCUT2D eigenvalue weighted by Crippen LogP contribution is -2.37. The van der Waals surface area contributed by atoms with Crippen LogP contribution in [0.4, 0.5) is 0 Å². The van der Waals surface area contributed by atoms with E-state index in [0.717, 1.165) is 13.1 Å². The van der Waals surface area contributed by atoms with Crippen molar-refractivity contribution in [1.29, 1.82) is 0 Å². The molecule has 0 aromatic carbocycles. The molecule has 0 aliphatic rings. The van der Waals surface area contributed by atoms with Gasteiger partial charge in [-0.3, -0.25) is 4.90 Å². The molecule has 0 saturated heterocycles. The van der Waals surface area contributed by atoms with Crippen LogP contribution in [0, 0.1) is 0 Å². The average molecular weight is 187 g/mol. The fraction of sp³-hybridized carbons (Fsp3) is 1.00. The molecule has 0 aliphatic heterocycles. The summed E-state index contributed by atoms with van der Waals surface area (Å²) in [7, 11) is 0. The molecule has 0 saturated carbocycles. The first kappa shape index (κ1) is 12.9. The topological polar surface area (TPSA) is 23.5 Å². The maximum absolute atomic E-state index is 8.93. The van der Waals surface area contributed by atoms with Gasteiger partial charge in [0.1, 0.15) is 0 Å². The van der Waals surface area contributed by atoms with Crippen molar-refractivity contribution in [2.45, 2.75) is 52.5 Å². The van der Waals surface area contributed by atoms with E-state index >= 15 is 0 Å². The third kappa shape index (κ3) is 5.27. The predicted octanol–water partition coefficient (Wildman–Crippen LogP) is 2.27. The van der Waals surface area contributed by atoms with Crippen LogP contribution in [0.25, 0.3) is 0 Å². The van der Waals surface area contributed by atoms with E-state index in [1.807, 2.05) is 0 Å². The Morgan fingerprint density at radius 1 is 1.08 bits per heavy atom. The Kier molecular flexibility index (Phi) is 8.46. The summed E-state index contributed by atoms with van der Waals surface area (Å²) in [6, 6.07) is 0.665. The molecule has 80 valence electrons. The van der Waals surface area contributed by atoms with Crippen LogP contribution in [0.2, 0.25) is 0 Å². The van der Waals surface area contributed by atoms with E-state index in [9.17, 15) is 0 Å². The summed E-state index contributed by atoms with van der Waals surface area (Å²) < 4.78 is 0. The van der Waals surface area contributed by atoms with E-state index in [-0.39, 0.29) is 0 Å². The highest BCUT2D eigenvalue weighted by Gasteiger charge is 2.12. The number of hydrogen-bond acceptors (Lipinski definition) is 2. The molecule has 0 bridgehead atoms. The van der Waals surface area contributed by atoms with Gasteiger partial charge in [-0.2, -0.15) is 0 Å². The van der Waals surface area contributed by atoms with Gasteiger partial charge in [-0.25, -0.2) is 0 Å². The monoisotopic (exact) mass is 187 g/mol. The van der Waals surface area contributed by atoms with Gasteiger partial charge in [0.05, 0.1) is 6.61 Å². The van der Waals surface area contributed by atoms with Crippen molar-refractivity contribution < 1.29 is 5.11 Å². The SMILES string of the molecule is CCCCN(CCO)C(CC)CC. The van der Waals surface area contributed by atoms with Gasteiger partial charge in [0.2, 0.25) is 0 Å². The van der Waals surface area contributed by atoms with E-state index in [4.69, 9.17) is 5.11 Å². The lowest BCUT2D eigenvalue weighted by Gasteiger charge is -2.29. The summed E-state index contributed by atoms with van der Waals surface area (Å²) >= 11 is 0. The second-order valence-electron chi connectivity index (χ2n) is 3.58. The fourth-order valence-corrected chi connectivity index (χ4v) is 1.77. The maximum Gasteiger partial charge on any atom is 0.0558 e. The van der Waals surface area contributed by atoms with E-state index in [1.54, 1.807) is 0 Å². The molecular weight excluding hydrogens is 162 g/mol. The summed E-state index contributed by atoms with van der Waals surface area (Å²) in [5.41, 5.74) is 0. The number of nitrogens with zero attached hydrogens (tertiary/aromatic N) is 1. The first-order valence-electron chi connectivity index (χ1n) is 5.64. The van der Waals surface area contributed by atoms with Crippen molar-refractivity contribution in [2.75, 3.05) is 19.7 Å². The van der Waals surface area contributed by atoms with E-state index in [1.165, 1.54) is 25.7 Å². The number of aliphatic hydroxyl groups is 1. The zero-order valence-electron chi connectivity index (χ0n) is 9.42. The Hall–Kier alpha value is -0.0800. The van der Waals surface area contributed by atoms with Crippen LogP contribution in [-0.4, -0.2) is 35.7 Å². The lowest BCUT2D eigenvalue weighted by atomic mass is 10.1. The van der Waals surface area contributed by atoms with Crippen LogP contribution in [0.3, 0.4) is 0 Å². The van der Waals surface area contributed by atoms with Crippen molar-refractivity contribution in [3.8, 4) is 0 Å². The quantitative estimate of drug-likeness (QED) is 0.630. The second-order valence-corrected chi connectivity index (χ2v) is 3.58. The molecule has 0 aromatic rings. The third-order valence-corrected chi connectivity index (χ3v) is 2.64. The number of unbranched alkanes of at least 4 members (excludes halogenated alkanes) is 1. The van der Waals surface area contributed by atoms with Crippen molar-refractivity contribution in [2.24, 2.45) is 0 Å². The van der Waals surface area contributed by atoms with Gasteiger partial charge in [-0.05, 0) is 25.8 Å². The number of rotatable bonds is 8. The predicted molar refractivity (Wildman–Crippen MR) is 57.9 cm³/mol. The van der Waals surface area contributed by atoms with Crippen molar-refractivity contribution in [3.63, 3.8) is 0 Å². The normalized spacial score (nSPS) is 11.5. The summed E-state index contributed by atoms with van der Waals surface area (Å²) in [4.78, 5) is 2.42. The molecule has 0 rings (SSSR count). The van der Waals surface area contributed by atoms with Crippen LogP contribution >= 0.6 is 0 Å². The molecule has 0 aliphatic carbocycles. The molecule has 0 unspecified atom stereocenters. The van der Waals surface area contributed by atoms with Gasteiger partial charge in [-0.15, -0.1) is 0 Å². The minimum Gasteiger partial charge on any atom is -0.395 e. The highest BCUT2D eigenvalue weighted by Crippen LogP contribution is 2.09. The largest absolute Gasteiger partial charge is 0.395 e. The van der Waals surface area contributed by atoms with Gasteiger partial charge in [0.15, 0.2) is 0 Å². The van der Waals surface area contributed by atoms with Crippen LogP contribution in [-0.2, 0) is 0 Å². The molecule has 0 amide bonds. The molecule has 0 heterocycles. The van der Waals surface area contributed by atoms with Crippen LogP contribution < -0.4 is 0 Å². The third-order valence-electron chi connectivity index (χ3n) is 2.64. The summed E-state index contributed by atoms with van der Waals surface area (Å²) in [6.07, 6.45) is 4.87. The van der Waals surface area contributed by atoms with Gasteiger partial charge in [0, 0.05) is 12.6 Å². The molecular formula is C11H25NO. The molecule has 0 fully saturated rings. The van der Waals surface area contributed by atoms with Gasteiger partial charge >= 0.3 is 0 Å². The highest BCUT2D eigenvalue weighted by atomic mass is 16.3. The fourth-order valence-electron chi connectivity index (χ4n) is 1.77. The average Bonchev–Trinajstić information content (AvgIpc) is 2.16. The lowest BCUT2D eigenvalue weighted by molar-refractivity contribution is 0.142. The van der Waals surface area contributed by atoms with Crippen molar-refractivity contribution in [1.82, 2.24) is 4.90 Å². The molecule has 2 nitrogen and oxygen atoms in total. The number of hydrogen-bond donors (Lipinski definition) is 1. The minimum atomic E-state index is 0.292.